The lowest BCUT2D eigenvalue weighted by molar-refractivity contribution is 0.0730. The number of anilines is 1. The van der Waals surface area contributed by atoms with Crippen molar-refractivity contribution in [3.8, 4) is 11.6 Å². The highest BCUT2D eigenvalue weighted by Gasteiger charge is 2.26. The summed E-state index contributed by atoms with van der Waals surface area (Å²) in [6.07, 6.45) is 1.80. The van der Waals surface area contributed by atoms with E-state index in [-0.39, 0.29) is 28.4 Å². The average Bonchev–Trinajstić information content (AvgIpc) is 3.44. The molecule has 1 aromatic carbocycles. The molecule has 0 atom stereocenters. The number of hydrogen-bond donors (Lipinski definition) is 1. The number of morpholine rings is 1. The van der Waals surface area contributed by atoms with Crippen LogP contribution in [0.4, 0.5) is 6.01 Å². The maximum atomic E-state index is 12.7. The molecule has 0 unspecified atom stereocenters. The second-order valence-electron chi connectivity index (χ2n) is 7.18. The molecule has 2 aromatic heterocycles. The van der Waals surface area contributed by atoms with Gasteiger partial charge in [0, 0.05) is 30.9 Å². The Kier molecular flexibility index (Phi) is 5.85. The molecular formula is C19H22N6O5S. The molecule has 3 heterocycles. The van der Waals surface area contributed by atoms with Gasteiger partial charge in [0.25, 0.3) is 11.8 Å². The second-order valence-corrected chi connectivity index (χ2v) is 9.12. The summed E-state index contributed by atoms with van der Waals surface area (Å²) in [5, 5.41) is 14.6. The summed E-state index contributed by atoms with van der Waals surface area (Å²) in [5.74, 6) is -0.320. The van der Waals surface area contributed by atoms with Crippen molar-refractivity contribution >= 4 is 21.9 Å². The Hall–Kier alpha value is -3.09. The average molecular weight is 446 g/mol. The normalized spacial score (nSPS) is 15.3. The lowest BCUT2D eigenvalue weighted by Crippen LogP contribution is -2.40. The largest absolute Gasteiger partial charge is 0.401 e. The highest BCUT2D eigenvalue weighted by atomic mass is 32.2. The van der Waals surface area contributed by atoms with Crippen molar-refractivity contribution in [3.63, 3.8) is 0 Å². The van der Waals surface area contributed by atoms with Crippen LogP contribution in [0.1, 0.15) is 30.2 Å². The molecule has 0 aliphatic carbocycles. The molecule has 0 bridgehead atoms. The van der Waals surface area contributed by atoms with Gasteiger partial charge in [-0.25, -0.2) is 8.42 Å². The Morgan fingerprint density at radius 1 is 1.10 bits per heavy atom. The molecule has 0 radical (unpaired) electrons. The molecule has 0 spiro atoms. The predicted octanol–water partition coefficient (Wildman–Crippen LogP) is 1.79. The third-order valence-electron chi connectivity index (χ3n) is 4.73. The first kappa shape index (κ1) is 21.2. The zero-order chi connectivity index (χ0) is 22.0. The van der Waals surface area contributed by atoms with E-state index in [9.17, 15) is 13.2 Å². The van der Waals surface area contributed by atoms with Crippen LogP contribution in [0.2, 0.25) is 0 Å². The fraction of sp³-hybridized carbons (Fsp3) is 0.368. The molecule has 3 aromatic rings. The van der Waals surface area contributed by atoms with E-state index in [0.29, 0.717) is 32.0 Å². The molecule has 11 nitrogen and oxygen atoms in total. The Balaban J connectivity index is 1.44. The number of nitrogens with one attached hydrogen (secondary N) is 1. The first-order valence-corrected chi connectivity index (χ1v) is 11.2. The van der Waals surface area contributed by atoms with E-state index in [1.54, 1.807) is 16.9 Å². The summed E-state index contributed by atoms with van der Waals surface area (Å²) in [4.78, 5) is 12.6. The van der Waals surface area contributed by atoms with Gasteiger partial charge in [0.1, 0.15) is 5.69 Å². The van der Waals surface area contributed by atoms with Crippen LogP contribution in [0.15, 0.2) is 45.8 Å². The number of carbonyl (C=O) groups excluding carboxylic acids is 1. The van der Waals surface area contributed by atoms with Gasteiger partial charge < -0.3 is 9.15 Å². The number of rotatable bonds is 6. The number of aromatic nitrogens is 4. The van der Waals surface area contributed by atoms with Crippen molar-refractivity contribution in [3.05, 3.63) is 42.1 Å². The molecule has 4 rings (SSSR count). The van der Waals surface area contributed by atoms with Crippen LogP contribution in [-0.4, -0.2) is 64.9 Å². The predicted molar refractivity (Wildman–Crippen MR) is 110 cm³/mol. The SMILES string of the molecule is CC(C)n1ccc(-c2nnc(NC(=O)c3ccc(S(=O)(=O)N4CCOCC4)cc3)o2)n1. The number of sulfonamides is 1. The van der Waals surface area contributed by atoms with E-state index in [0.717, 1.165) is 0 Å². The summed E-state index contributed by atoms with van der Waals surface area (Å²) < 4.78 is 39.1. The van der Waals surface area contributed by atoms with Crippen molar-refractivity contribution in [2.24, 2.45) is 0 Å². The van der Waals surface area contributed by atoms with Crippen molar-refractivity contribution < 1.29 is 22.4 Å². The van der Waals surface area contributed by atoms with Gasteiger partial charge in [-0.1, -0.05) is 5.10 Å². The van der Waals surface area contributed by atoms with Gasteiger partial charge in [-0.05, 0) is 44.2 Å². The smallest absolute Gasteiger partial charge is 0.322 e. The first-order valence-electron chi connectivity index (χ1n) is 9.73. The third-order valence-corrected chi connectivity index (χ3v) is 6.64. The van der Waals surface area contributed by atoms with Gasteiger partial charge in [-0.15, -0.1) is 5.10 Å². The number of nitrogens with zero attached hydrogens (tertiary/aromatic N) is 5. The second kappa shape index (κ2) is 8.57. The maximum Gasteiger partial charge on any atom is 0.322 e. The summed E-state index contributed by atoms with van der Waals surface area (Å²) in [6.45, 7) is 5.33. The minimum Gasteiger partial charge on any atom is -0.401 e. The van der Waals surface area contributed by atoms with Gasteiger partial charge in [-0.2, -0.15) is 9.40 Å². The number of carbonyl (C=O) groups is 1. The molecule has 1 aliphatic heterocycles. The maximum absolute atomic E-state index is 12.7. The van der Waals surface area contributed by atoms with Crippen LogP contribution in [-0.2, 0) is 14.8 Å². The minimum atomic E-state index is -3.62. The first-order chi connectivity index (χ1) is 14.8. The monoisotopic (exact) mass is 446 g/mol. The van der Waals surface area contributed by atoms with Crippen molar-refractivity contribution in [1.82, 2.24) is 24.3 Å². The van der Waals surface area contributed by atoms with E-state index in [2.05, 4.69) is 20.6 Å². The molecule has 1 N–H and O–H groups in total. The molecule has 0 saturated carbocycles. The summed E-state index contributed by atoms with van der Waals surface area (Å²) in [6, 6.07) is 7.52. The lowest BCUT2D eigenvalue weighted by Gasteiger charge is -2.26. The van der Waals surface area contributed by atoms with Crippen LogP contribution in [0, 0.1) is 0 Å². The Morgan fingerprint density at radius 3 is 2.45 bits per heavy atom. The topological polar surface area (TPSA) is 132 Å². The van der Waals surface area contributed by atoms with Crippen LogP contribution in [0.5, 0.6) is 0 Å². The van der Waals surface area contributed by atoms with Crippen LogP contribution < -0.4 is 5.32 Å². The number of hydrogen-bond acceptors (Lipinski definition) is 8. The highest BCUT2D eigenvalue weighted by molar-refractivity contribution is 7.89. The molecule has 1 amide bonds. The van der Waals surface area contributed by atoms with Crippen molar-refractivity contribution in [1.29, 1.82) is 0 Å². The van der Waals surface area contributed by atoms with Crippen LogP contribution in [0.3, 0.4) is 0 Å². The Bertz CT molecular complexity index is 1160. The Morgan fingerprint density at radius 2 is 1.81 bits per heavy atom. The fourth-order valence-corrected chi connectivity index (χ4v) is 4.41. The minimum absolute atomic E-state index is 0.0795. The fourth-order valence-electron chi connectivity index (χ4n) is 3.00. The molecule has 12 heteroatoms. The van der Waals surface area contributed by atoms with Crippen LogP contribution in [0.25, 0.3) is 11.6 Å². The van der Waals surface area contributed by atoms with E-state index >= 15 is 0 Å². The van der Waals surface area contributed by atoms with E-state index in [4.69, 9.17) is 9.15 Å². The Labute approximate surface area is 179 Å². The molecule has 31 heavy (non-hydrogen) atoms. The quantitative estimate of drug-likeness (QED) is 0.606. The summed E-state index contributed by atoms with van der Waals surface area (Å²) in [5.41, 5.74) is 0.754. The van der Waals surface area contributed by atoms with Gasteiger partial charge in [0.15, 0.2) is 0 Å². The zero-order valence-corrected chi connectivity index (χ0v) is 17.9. The molecule has 1 aliphatic rings. The third kappa shape index (κ3) is 4.50. The van der Waals surface area contributed by atoms with E-state index < -0.39 is 15.9 Å². The molecule has 1 fully saturated rings. The summed E-state index contributed by atoms with van der Waals surface area (Å²) >= 11 is 0. The number of amides is 1. The van der Waals surface area contributed by atoms with Crippen molar-refractivity contribution in [2.75, 3.05) is 31.6 Å². The van der Waals surface area contributed by atoms with Crippen LogP contribution >= 0.6 is 0 Å². The zero-order valence-electron chi connectivity index (χ0n) is 17.1. The lowest BCUT2D eigenvalue weighted by atomic mass is 10.2. The van der Waals surface area contributed by atoms with Gasteiger partial charge in [0.05, 0.1) is 18.1 Å². The van der Waals surface area contributed by atoms with E-state index in [1.165, 1.54) is 28.6 Å². The van der Waals surface area contributed by atoms with E-state index in [1.807, 2.05) is 13.8 Å². The number of ether oxygens (including phenoxy) is 1. The van der Waals surface area contributed by atoms with Gasteiger partial charge in [-0.3, -0.25) is 14.8 Å². The molecule has 1 saturated heterocycles. The molecule has 164 valence electrons. The molecular weight excluding hydrogens is 424 g/mol. The number of benzene rings is 1. The highest BCUT2D eigenvalue weighted by Crippen LogP contribution is 2.21. The van der Waals surface area contributed by atoms with Gasteiger partial charge in [0.2, 0.25) is 10.0 Å². The van der Waals surface area contributed by atoms with Crippen molar-refractivity contribution in [2.45, 2.75) is 24.8 Å². The van der Waals surface area contributed by atoms with Gasteiger partial charge >= 0.3 is 6.01 Å². The standard InChI is InChI=1S/C19H22N6O5S/c1-13(2)25-8-7-16(23-25)18-21-22-19(30-18)20-17(26)14-3-5-15(6-4-14)31(27,28)24-9-11-29-12-10-24/h3-8,13H,9-12H2,1-2H3,(H,20,22,26). The summed E-state index contributed by atoms with van der Waals surface area (Å²) in [7, 11) is -3.62.